The lowest BCUT2D eigenvalue weighted by molar-refractivity contribution is -0.386. The smallest absolute Gasteiger partial charge is 0.354 e. The Labute approximate surface area is 113 Å². The number of nitrogens with zero attached hydrogens (tertiary/aromatic N) is 1. The highest BCUT2D eigenvalue weighted by Crippen LogP contribution is 2.36. The normalized spacial score (nSPS) is 12.8. The number of aliphatic hydroxyl groups is 1. The number of para-hydroxylation sites is 1. The lowest BCUT2D eigenvalue weighted by Crippen LogP contribution is -2.44. The molecule has 8 heteroatoms. The molecule has 1 atom stereocenters. The molecule has 0 spiro atoms. The van der Waals surface area contributed by atoms with E-state index < -0.39 is 34.1 Å². The molecule has 2 N–H and O–H groups in total. The summed E-state index contributed by atoms with van der Waals surface area (Å²) in [5.74, 6) is -5.81. The Kier molecular flexibility index (Phi) is 5.09. The van der Waals surface area contributed by atoms with Crippen molar-refractivity contribution in [1.29, 1.82) is 0 Å². The number of nitrogens with one attached hydrogen (secondary N) is 1. The van der Waals surface area contributed by atoms with Crippen LogP contribution in [0.5, 0.6) is 0 Å². The van der Waals surface area contributed by atoms with Crippen molar-refractivity contribution in [2.45, 2.75) is 25.4 Å². The molecule has 0 fully saturated rings. The number of alkyl halides is 2. The molecule has 1 amide bonds. The summed E-state index contributed by atoms with van der Waals surface area (Å²) in [5.41, 5.74) is -1.27. The maximum atomic E-state index is 13.8. The molecule has 1 rings (SSSR count). The molecule has 0 saturated carbocycles. The molecule has 1 aromatic rings. The molecule has 1 unspecified atom stereocenters. The van der Waals surface area contributed by atoms with Crippen LogP contribution in [0.15, 0.2) is 24.3 Å². The summed E-state index contributed by atoms with van der Waals surface area (Å²) in [6, 6.07) is 4.53. The van der Waals surface area contributed by atoms with Crippen LogP contribution in [0.3, 0.4) is 0 Å². The molecule has 0 bridgehead atoms. The fraction of sp³-hybridized carbons (Fsp3) is 0.417. The van der Waals surface area contributed by atoms with Gasteiger partial charge in [0.2, 0.25) is 0 Å². The van der Waals surface area contributed by atoms with Gasteiger partial charge in [-0.15, -0.1) is 0 Å². The molecule has 0 aromatic heterocycles. The first kappa shape index (κ1) is 16.0. The summed E-state index contributed by atoms with van der Waals surface area (Å²) in [4.78, 5) is 21.2. The van der Waals surface area contributed by atoms with Crippen LogP contribution in [-0.2, 0) is 4.79 Å². The second-order valence-corrected chi connectivity index (χ2v) is 4.10. The number of halogens is 2. The third-order valence-corrected chi connectivity index (χ3v) is 2.61. The molecule has 0 heterocycles. The lowest BCUT2D eigenvalue weighted by Gasteiger charge is -2.21. The van der Waals surface area contributed by atoms with Crippen LogP contribution >= 0.6 is 0 Å². The van der Waals surface area contributed by atoms with Gasteiger partial charge in [-0.2, -0.15) is 8.78 Å². The molecule has 110 valence electrons. The quantitative estimate of drug-likeness (QED) is 0.616. The van der Waals surface area contributed by atoms with Crippen molar-refractivity contribution in [2.24, 2.45) is 0 Å². The highest BCUT2D eigenvalue weighted by atomic mass is 19.3. The number of carbonyl (C=O) groups is 1. The number of aliphatic hydroxyl groups excluding tert-OH is 1. The number of benzene rings is 1. The van der Waals surface area contributed by atoms with E-state index in [9.17, 15) is 28.8 Å². The SMILES string of the molecule is CCCNC(=O)C(F)(F)C(O)c1ccccc1[N+](=O)[O-]. The summed E-state index contributed by atoms with van der Waals surface area (Å²) in [5, 5.41) is 22.3. The van der Waals surface area contributed by atoms with Gasteiger partial charge in [-0.1, -0.05) is 19.1 Å². The van der Waals surface area contributed by atoms with Gasteiger partial charge in [0, 0.05) is 12.6 Å². The summed E-state index contributed by atoms with van der Waals surface area (Å²) in [7, 11) is 0. The number of amides is 1. The van der Waals surface area contributed by atoms with Gasteiger partial charge in [-0.3, -0.25) is 14.9 Å². The molecule has 0 radical (unpaired) electrons. The molecule has 6 nitrogen and oxygen atoms in total. The van der Waals surface area contributed by atoms with Crippen LogP contribution < -0.4 is 5.32 Å². The van der Waals surface area contributed by atoms with Gasteiger partial charge in [0.25, 0.3) is 11.6 Å². The summed E-state index contributed by atoms with van der Waals surface area (Å²) in [6.07, 6.45) is -2.13. The number of nitro benzene ring substituents is 1. The van der Waals surface area contributed by atoms with Crippen molar-refractivity contribution >= 4 is 11.6 Å². The average Bonchev–Trinajstić information content (AvgIpc) is 2.43. The number of hydrogen-bond donors (Lipinski definition) is 2. The number of nitro groups is 1. The van der Waals surface area contributed by atoms with Crippen molar-refractivity contribution in [3.63, 3.8) is 0 Å². The monoisotopic (exact) mass is 288 g/mol. The molecule has 0 aliphatic rings. The zero-order valence-electron chi connectivity index (χ0n) is 10.7. The topological polar surface area (TPSA) is 92.5 Å². The Hall–Kier alpha value is -2.09. The summed E-state index contributed by atoms with van der Waals surface area (Å²) < 4.78 is 27.6. The Morgan fingerprint density at radius 3 is 2.65 bits per heavy atom. The third-order valence-electron chi connectivity index (χ3n) is 2.61. The Balaban J connectivity index is 3.07. The highest BCUT2D eigenvalue weighted by Gasteiger charge is 2.49. The Morgan fingerprint density at radius 2 is 2.10 bits per heavy atom. The Bertz CT molecular complexity index is 508. The van der Waals surface area contributed by atoms with Gasteiger partial charge < -0.3 is 10.4 Å². The fourth-order valence-corrected chi connectivity index (χ4v) is 1.56. The second-order valence-electron chi connectivity index (χ2n) is 4.10. The van der Waals surface area contributed by atoms with E-state index in [1.54, 1.807) is 6.92 Å². The highest BCUT2D eigenvalue weighted by molar-refractivity contribution is 5.84. The predicted octanol–water partition coefficient (Wildman–Crippen LogP) is 1.79. The van der Waals surface area contributed by atoms with Crippen LogP contribution in [0.4, 0.5) is 14.5 Å². The zero-order chi connectivity index (χ0) is 15.3. The van der Waals surface area contributed by atoms with Gasteiger partial charge in [0.05, 0.1) is 10.5 Å². The fourth-order valence-electron chi connectivity index (χ4n) is 1.56. The van der Waals surface area contributed by atoms with E-state index in [-0.39, 0.29) is 6.54 Å². The van der Waals surface area contributed by atoms with Crippen LogP contribution in [0.25, 0.3) is 0 Å². The number of rotatable bonds is 6. The van der Waals surface area contributed by atoms with Crippen molar-refractivity contribution < 1.29 is 23.6 Å². The molecule has 0 aliphatic carbocycles. The first-order valence-corrected chi connectivity index (χ1v) is 5.89. The van der Waals surface area contributed by atoms with Gasteiger partial charge in [-0.05, 0) is 12.5 Å². The minimum atomic E-state index is -4.15. The molecular weight excluding hydrogens is 274 g/mol. The van der Waals surface area contributed by atoms with Crippen molar-refractivity contribution in [3.05, 3.63) is 39.9 Å². The molecule has 0 aliphatic heterocycles. The van der Waals surface area contributed by atoms with Gasteiger partial charge >= 0.3 is 5.92 Å². The van der Waals surface area contributed by atoms with E-state index in [1.807, 2.05) is 5.32 Å². The average molecular weight is 288 g/mol. The Morgan fingerprint density at radius 1 is 1.50 bits per heavy atom. The van der Waals surface area contributed by atoms with Crippen molar-refractivity contribution in [1.82, 2.24) is 5.32 Å². The standard InChI is InChI=1S/C12H14F2N2O4/c1-2-7-15-11(18)12(13,14)10(17)8-5-3-4-6-9(8)16(19)20/h3-6,10,17H,2,7H2,1H3,(H,15,18). The van der Waals surface area contributed by atoms with E-state index >= 15 is 0 Å². The number of hydrogen-bond acceptors (Lipinski definition) is 4. The largest absolute Gasteiger partial charge is 0.381 e. The molecular formula is C12H14F2N2O4. The van der Waals surface area contributed by atoms with Gasteiger partial charge in [-0.25, -0.2) is 0 Å². The van der Waals surface area contributed by atoms with E-state index in [0.717, 1.165) is 12.1 Å². The number of carbonyl (C=O) groups excluding carboxylic acids is 1. The van der Waals surface area contributed by atoms with E-state index in [4.69, 9.17) is 0 Å². The van der Waals surface area contributed by atoms with E-state index in [1.165, 1.54) is 12.1 Å². The van der Waals surface area contributed by atoms with Crippen LogP contribution in [0.1, 0.15) is 25.0 Å². The van der Waals surface area contributed by atoms with Gasteiger partial charge in [0.1, 0.15) is 0 Å². The maximum absolute atomic E-state index is 13.8. The second kappa shape index (κ2) is 6.38. The molecule has 20 heavy (non-hydrogen) atoms. The zero-order valence-corrected chi connectivity index (χ0v) is 10.7. The predicted molar refractivity (Wildman–Crippen MR) is 66.3 cm³/mol. The van der Waals surface area contributed by atoms with Crippen LogP contribution in [-0.4, -0.2) is 28.4 Å². The summed E-state index contributed by atoms with van der Waals surface area (Å²) in [6.45, 7) is 1.70. The minimum absolute atomic E-state index is 0.0258. The molecule has 0 saturated heterocycles. The molecule has 1 aromatic carbocycles. The van der Waals surface area contributed by atoms with Gasteiger partial charge in [0.15, 0.2) is 6.10 Å². The van der Waals surface area contributed by atoms with Crippen LogP contribution in [0.2, 0.25) is 0 Å². The lowest BCUT2D eigenvalue weighted by atomic mass is 10.0. The summed E-state index contributed by atoms with van der Waals surface area (Å²) >= 11 is 0. The third kappa shape index (κ3) is 3.27. The van der Waals surface area contributed by atoms with E-state index in [2.05, 4.69) is 0 Å². The minimum Gasteiger partial charge on any atom is -0.381 e. The van der Waals surface area contributed by atoms with Crippen molar-refractivity contribution in [2.75, 3.05) is 6.54 Å². The van der Waals surface area contributed by atoms with E-state index in [0.29, 0.717) is 6.42 Å². The first-order chi connectivity index (χ1) is 9.32. The maximum Gasteiger partial charge on any atom is 0.354 e. The van der Waals surface area contributed by atoms with Crippen molar-refractivity contribution in [3.8, 4) is 0 Å². The first-order valence-electron chi connectivity index (χ1n) is 5.89. The van der Waals surface area contributed by atoms with Crippen LogP contribution in [0, 0.1) is 10.1 Å².